The second kappa shape index (κ2) is 19.4. The van der Waals surface area contributed by atoms with Gasteiger partial charge in [-0.25, -0.2) is 4.79 Å². The summed E-state index contributed by atoms with van der Waals surface area (Å²) in [7, 11) is 0. The molecule has 0 bridgehead atoms. The van der Waals surface area contributed by atoms with E-state index in [1.165, 1.54) is 83.5 Å². The van der Waals surface area contributed by atoms with E-state index in [1.807, 2.05) is 0 Å². The van der Waals surface area contributed by atoms with Gasteiger partial charge in [0.1, 0.15) is 0 Å². The van der Waals surface area contributed by atoms with Crippen molar-refractivity contribution >= 4 is 11.8 Å². The average Bonchev–Trinajstić information content (AvgIpc) is 2.66. The molecule has 0 aromatic rings. The third kappa shape index (κ3) is 14.1. The molecule has 6 N–H and O–H groups in total. The summed E-state index contributed by atoms with van der Waals surface area (Å²) >= 11 is 0. The van der Waals surface area contributed by atoms with Crippen LogP contribution in [0.15, 0.2) is 0 Å². The van der Waals surface area contributed by atoms with E-state index in [2.05, 4.69) is 6.92 Å². The highest BCUT2D eigenvalue weighted by Crippen LogP contribution is 2.18. The molecule has 0 aromatic carbocycles. The number of aliphatic carboxylic acids is 1. The van der Waals surface area contributed by atoms with E-state index >= 15 is 0 Å². The van der Waals surface area contributed by atoms with Gasteiger partial charge in [-0.05, 0) is 6.42 Å². The van der Waals surface area contributed by atoms with Crippen LogP contribution in [0.1, 0.15) is 129 Å². The molecule has 0 aliphatic rings. The summed E-state index contributed by atoms with van der Waals surface area (Å²) in [6.07, 6.45) is 20.8. The van der Waals surface area contributed by atoms with Crippen LogP contribution in [0.25, 0.3) is 0 Å². The highest BCUT2D eigenvalue weighted by atomic mass is 16.4. The van der Waals surface area contributed by atoms with Crippen molar-refractivity contribution in [2.24, 2.45) is 5.73 Å². The third-order valence-electron chi connectivity index (χ3n) is 5.62. The highest BCUT2D eigenvalue weighted by Gasteiger charge is 2.39. The number of hydrogen-bond acceptors (Lipinski definition) is 4. The summed E-state index contributed by atoms with van der Waals surface area (Å²) in [6.45, 7) is 3.93. The number of Topliss-reactive ketones (excluding diaryl/α,β-unsaturated/α-hetero) is 1. The van der Waals surface area contributed by atoms with Gasteiger partial charge in [0.05, 0.1) is 0 Å². The SMILES string of the molecule is CCCCCCCCCCCCCCCCCCC(N)(C(=O)O)C(=O)CC.N. The Morgan fingerprint density at radius 1 is 0.679 bits per heavy atom. The Morgan fingerprint density at radius 3 is 1.29 bits per heavy atom. The molecule has 0 heterocycles. The molecule has 0 aliphatic heterocycles. The van der Waals surface area contributed by atoms with Crippen molar-refractivity contribution < 1.29 is 14.7 Å². The molecule has 0 fully saturated rings. The molecule has 0 aromatic heterocycles. The van der Waals surface area contributed by atoms with E-state index in [0.29, 0.717) is 6.42 Å². The van der Waals surface area contributed by atoms with Gasteiger partial charge in [-0.15, -0.1) is 0 Å². The third-order valence-corrected chi connectivity index (χ3v) is 5.62. The van der Waals surface area contributed by atoms with Gasteiger partial charge in [0, 0.05) is 6.42 Å². The quantitative estimate of drug-likeness (QED) is 0.158. The summed E-state index contributed by atoms with van der Waals surface area (Å²) in [4.78, 5) is 23.0. The van der Waals surface area contributed by atoms with Gasteiger partial charge < -0.3 is 17.0 Å². The molecule has 1 unspecified atom stereocenters. The van der Waals surface area contributed by atoms with Crippen LogP contribution < -0.4 is 11.9 Å². The number of unbranched alkanes of at least 4 members (excludes halogenated alkanes) is 15. The van der Waals surface area contributed by atoms with Gasteiger partial charge in [0.2, 0.25) is 0 Å². The second-order valence-electron chi connectivity index (χ2n) is 8.11. The van der Waals surface area contributed by atoms with Gasteiger partial charge in [-0.2, -0.15) is 0 Å². The van der Waals surface area contributed by atoms with Crippen molar-refractivity contribution in [2.45, 2.75) is 135 Å². The van der Waals surface area contributed by atoms with Crippen LogP contribution in [-0.2, 0) is 9.59 Å². The monoisotopic (exact) mass is 400 g/mol. The van der Waals surface area contributed by atoms with Gasteiger partial charge in [-0.1, -0.05) is 117 Å². The van der Waals surface area contributed by atoms with Gasteiger partial charge in [-0.3, -0.25) is 4.79 Å². The topological polar surface area (TPSA) is 115 Å². The maximum Gasteiger partial charge on any atom is 0.331 e. The van der Waals surface area contributed by atoms with Gasteiger partial charge in [0.25, 0.3) is 0 Å². The first-order valence-electron chi connectivity index (χ1n) is 11.5. The minimum Gasteiger partial charge on any atom is -0.480 e. The fraction of sp³-hybridized carbons (Fsp3) is 0.913. The van der Waals surface area contributed by atoms with Crippen molar-refractivity contribution in [1.29, 1.82) is 0 Å². The van der Waals surface area contributed by atoms with E-state index < -0.39 is 11.5 Å². The lowest BCUT2D eigenvalue weighted by atomic mass is 9.87. The highest BCUT2D eigenvalue weighted by molar-refractivity contribution is 6.07. The summed E-state index contributed by atoms with van der Waals surface area (Å²) in [5, 5.41) is 9.21. The number of carbonyl (C=O) groups excluding carboxylic acids is 1. The van der Waals surface area contributed by atoms with E-state index in [0.717, 1.165) is 12.8 Å². The fourth-order valence-corrected chi connectivity index (χ4v) is 3.63. The zero-order chi connectivity index (χ0) is 20.4. The number of ketones is 1. The molecule has 0 rings (SSSR count). The lowest BCUT2D eigenvalue weighted by Crippen LogP contribution is -2.54. The molecule has 0 saturated heterocycles. The van der Waals surface area contributed by atoms with Crippen molar-refractivity contribution in [2.75, 3.05) is 0 Å². The Bertz CT molecular complexity index is 388. The van der Waals surface area contributed by atoms with E-state index in [4.69, 9.17) is 5.73 Å². The predicted octanol–water partition coefficient (Wildman–Crippen LogP) is 6.56. The largest absolute Gasteiger partial charge is 0.480 e. The van der Waals surface area contributed by atoms with Crippen LogP contribution in [0.4, 0.5) is 0 Å². The van der Waals surface area contributed by atoms with Crippen molar-refractivity contribution in [3.63, 3.8) is 0 Å². The van der Waals surface area contributed by atoms with E-state index in [9.17, 15) is 14.7 Å². The molecule has 0 radical (unpaired) electrons. The van der Waals surface area contributed by atoms with Gasteiger partial charge in [0.15, 0.2) is 11.3 Å². The number of carboxylic acids is 1. The summed E-state index contributed by atoms with van der Waals surface area (Å²) < 4.78 is 0. The lowest BCUT2D eigenvalue weighted by molar-refractivity contribution is -0.148. The molecule has 5 nitrogen and oxygen atoms in total. The van der Waals surface area contributed by atoms with Crippen LogP contribution in [-0.4, -0.2) is 22.4 Å². The first-order valence-corrected chi connectivity index (χ1v) is 11.5. The van der Waals surface area contributed by atoms with Crippen LogP contribution in [0.5, 0.6) is 0 Å². The summed E-state index contributed by atoms with van der Waals surface area (Å²) in [5.74, 6) is -1.55. The summed E-state index contributed by atoms with van der Waals surface area (Å²) in [5.41, 5.74) is 4.13. The molecule has 0 aliphatic carbocycles. The molecule has 1 atom stereocenters. The molecule has 0 spiro atoms. The first kappa shape index (κ1) is 29.3. The first-order chi connectivity index (χ1) is 13.0. The van der Waals surface area contributed by atoms with Crippen molar-refractivity contribution in [3.8, 4) is 0 Å². The molecule has 168 valence electrons. The lowest BCUT2D eigenvalue weighted by Gasteiger charge is -2.22. The van der Waals surface area contributed by atoms with Crippen LogP contribution in [0, 0.1) is 0 Å². The smallest absolute Gasteiger partial charge is 0.331 e. The number of carboxylic acid groups (broad SMARTS) is 1. The number of rotatable bonds is 20. The minimum atomic E-state index is -1.68. The Balaban J connectivity index is 0. The zero-order valence-electron chi connectivity index (χ0n) is 18.8. The Labute approximate surface area is 173 Å². The second-order valence-corrected chi connectivity index (χ2v) is 8.11. The fourth-order valence-electron chi connectivity index (χ4n) is 3.63. The summed E-state index contributed by atoms with van der Waals surface area (Å²) in [6, 6.07) is 0. The van der Waals surface area contributed by atoms with Gasteiger partial charge >= 0.3 is 5.97 Å². The Kier molecular flexibility index (Phi) is 20.3. The molecular weight excluding hydrogens is 352 g/mol. The van der Waals surface area contributed by atoms with Crippen molar-refractivity contribution in [3.05, 3.63) is 0 Å². The van der Waals surface area contributed by atoms with Crippen LogP contribution >= 0.6 is 0 Å². The standard InChI is InChI=1S/C23H45NO3.H3N/c1-3-5-6-7-8-9-10-11-12-13-14-15-16-17-18-19-20-23(24,22(26)27)21(25)4-2;/h3-20,24H2,1-2H3,(H,26,27);1H3. The normalized spacial score (nSPS) is 13.0. The van der Waals surface area contributed by atoms with E-state index in [1.54, 1.807) is 6.92 Å². The molecular formula is C23H48N2O3. The number of hydrogen-bond donors (Lipinski definition) is 3. The molecule has 5 heteroatoms. The Hall–Kier alpha value is -0.940. The van der Waals surface area contributed by atoms with Crippen LogP contribution in [0.3, 0.4) is 0 Å². The molecule has 0 saturated carbocycles. The molecule has 28 heavy (non-hydrogen) atoms. The number of carbonyl (C=O) groups is 2. The maximum absolute atomic E-state index is 11.8. The van der Waals surface area contributed by atoms with Crippen molar-refractivity contribution in [1.82, 2.24) is 6.15 Å². The maximum atomic E-state index is 11.8. The van der Waals surface area contributed by atoms with Crippen LogP contribution in [0.2, 0.25) is 0 Å². The average molecular weight is 401 g/mol. The zero-order valence-corrected chi connectivity index (χ0v) is 18.8. The van der Waals surface area contributed by atoms with E-state index in [-0.39, 0.29) is 24.8 Å². The predicted molar refractivity (Wildman–Crippen MR) is 119 cm³/mol. The number of nitrogens with two attached hydrogens (primary N) is 1. The Morgan fingerprint density at radius 2 is 1.00 bits per heavy atom. The molecule has 0 amide bonds. The minimum absolute atomic E-state index is 0.